The second kappa shape index (κ2) is 5.61. The molecule has 0 aromatic heterocycles. The number of hydrogen-bond acceptors (Lipinski definition) is 2. The number of piperidine rings is 2. The van der Waals surface area contributed by atoms with Crippen LogP contribution in [0.15, 0.2) is 0 Å². The van der Waals surface area contributed by atoms with Crippen molar-refractivity contribution in [3.05, 3.63) is 0 Å². The topological polar surface area (TPSA) is 32.3 Å². The van der Waals surface area contributed by atoms with Crippen LogP contribution < -0.4 is 5.32 Å². The zero-order chi connectivity index (χ0) is 12.6. The summed E-state index contributed by atoms with van der Waals surface area (Å²) < 4.78 is 0. The van der Waals surface area contributed by atoms with Gasteiger partial charge in [-0.2, -0.15) is 0 Å². The molecule has 0 aromatic carbocycles. The zero-order valence-corrected chi connectivity index (χ0v) is 12.9. The monoisotopic (exact) mass is 286 g/mol. The number of nitrogens with zero attached hydrogens (tertiary/aromatic N) is 1. The van der Waals surface area contributed by atoms with E-state index in [0.29, 0.717) is 11.3 Å². The molecule has 3 aliphatic rings. The molecule has 2 heterocycles. The molecular formula is C15H27ClN2O. The van der Waals surface area contributed by atoms with E-state index in [1.807, 2.05) is 0 Å². The molecule has 3 fully saturated rings. The lowest BCUT2D eigenvalue weighted by atomic mass is 9.71. The fourth-order valence-electron chi connectivity index (χ4n) is 3.85. The summed E-state index contributed by atoms with van der Waals surface area (Å²) in [5.74, 6) is 0.466. The largest absolute Gasteiger partial charge is 0.342 e. The third kappa shape index (κ3) is 2.78. The van der Waals surface area contributed by atoms with Gasteiger partial charge < -0.3 is 10.2 Å². The summed E-state index contributed by atoms with van der Waals surface area (Å²) >= 11 is 0. The molecule has 0 bridgehead atoms. The van der Waals surface area contributed by atoms with Crippen LogP contribution in [0.1, 0.15) is 51.9 Å². The molecule has 0 atom stereocenters. The highest BCUT2D eigenvalue weighted by Crippen LogP contribution is 2.51. The molecule has 110 valence electrons. The number of rotatable bonds is 2. The molecule has 19 heavy (non-hydrogen) atoms. The first-order chi connectivity index (χ1) is 8.70. The van der Waals surface area contributed by atoms with E-state index in [4.69, 9.17) is 0 Å². The fourth-order valence-corrected chi connectivity index (χ4v) is 3.85. The van der Waals surface area contributed by atoms with Gasteiger partial charge in [0, 0.05) is 18.5 Å². The number of carbonyl (C=O) groups is 1. The summed E-state index contributed by atoms with van der Waals surface area (Å²) in [7, 11) is 0. The Bertz CT molecular complexity index is 325. The van der Waals surface area contributed by atoms with E-state index in [9.17, 15) is 4.79 Å². The highest BCUT2D eigenvalue weighted by Gasteiger charge is 2.51. The van der Waals surface area contributed by atoms with Crippen molar-refractivity contribution in [2.24, 2.45) is 10.8 Å². The number of hydrogen-bond donors (Lipinski definition) is 1. The van der Waals surface area contributed by atoms with E-state index >= 15 is 0 Å². The third-order valence-electron chi connectivity index (χ3n) is 5.76. The van der Waals surface area contributed by atoms with Crippen LogP contribution in [0.3, 0.4) is 0 Å². The average Bonchev–Trinajstić information content (AvgIpc) is 3.21. The quantitative estimate of drug-likeness (QED) is 0.846. The van der Waals surface area contributed by atoms with Crippen molar-refractivity contribution >= 4 is 18.3 Å². The van der Waals surface area contributed by atoms with E-state index in [1.54, 1.807) is 0 Å². The molecule has 1 aliphatic carbocycles. The molecule has 4 heteroatoms. The van der Waals surface area contributed by atoms with Gasteiger partial charge in [0.1, 0.15) is 0 Å². The minimum Gasteiger partial charge on any atom is -0.342 e. The predicted octanol–water partition coefficient (Wildman–Crippen LogP) is 2.59. The van der Waals surface area contributed by atoms with Gasteiger partial charge in [-0.1, -0.05) is 6.92 Å². The van der Waals surface area contributed by atoms with Crippen LogP contribution in [-0.4, -0.2) is 37.0 Å². The molecular weight excluding hydrogens is 260 g/mol. The first-order valence-corrected chi connectivity index (χ1v) is 7.70. The number of likely N-dealkylation sites (tertiary alicyclic amines) is 1. The zero-order valence-electron chi connectivity index (χ0n) is 12.0. The molecule has 1 saturated carbocycles. The standard InChI is InChI=1S/C15H26N2O.ClH/c1-2-15(3-4-15)13(18)17-11-7-14(8-12-17)5-9-16-10-6-14;/h16H,2-12H2,1H3;1H. The lowest BCUT2D eigenvalue weighted by Crippen LogP contribution is -2.49. The van der Waals surface area contributed by atoms with Crippen molar-refractivity contribution in [1.29, 1.82) is 0 Å². The molecule has 3 nitrogen and oxygen atoms in total. The molecule has 1 spiro atoms. The molecule has 3 rings (SSSR count). The molecule has 0 radical (unpaired) electrons. The maximum Gasteiger partial charge on any atom is 0.228 e. The predicted molar refractivity (Wildman–Crippen MR) is 79.6 cm³/mol. The van der Waals surface area contributed by atoms with Crippen molar-refractivity contribution in [2.75, 3.05) is 26.2 Å². The summed E-state index contributed by atoms with van der Waals surface area (Å²) in [6, 6.07) is 0. The Balaban J connectivity index is 0.00000133. The molecule has 1 amide bonds. The van der Waals surface area contributed by atoms with Gasteiger partial charge in [0.25, 0.3) is 0 Å². The van der Waals surface area contributed by atoms with Crippen LogP contribution in [0, 0.1) is 10.8 Å². The molecule has 2 aliphatic heterocycles. The summed E-state index contributed by atoms with van der Waals surface area (Å²) in [5.41, 5.74) is 0.629. The lowest BCUT2D eigenvalue weighted by Gasteiger charge is -2.45. The Kier molecular flexibility index (Phi) is 4.46. The van der Waals surface area contributed by atoms with E-state index in [0.717, 1.165) is 32.4 Å². The molecule has 0 aromatic rings. The highest BCUT2D eigenvalue weighted by molar-refractivity contribution is 5.85. The van der Waals surface area contributed by atoms with Crippen LogP contribution in [-0.2, 0) is 4.79 Å². The van der Waals surface area contributed by atoms with Gasteiger partial charge in [0.2, 0.25) is 5.91 Å². The van der Waals surface area contributed by atoms with Gasteiger partial charge in [-0.05, 0) is 63.5 Å². The van der Waals surface area contributed by atoms with Crippen LogP contribution in [0.25, 0.3) is 0 Å². The van der Waals surface area contributed by atoms with Gasteiger partial charge in [0.15, 0.2) is 0 Å². The first kappa shape index (κ1) is 15.1. The number of nitrogens with one attached hydrogen (secondary N) is 1. The van der Waals surface area contributed by atoms with Crippen molar-refractivity contribution in [3.63, 3.8) is 0 Å². The number of amides is 1. The molecule has 0 unspecified atom stereocenters. The van der Waals surface area contributed by atoms with Gasteiger partial charge in [-0.15, -0.1) is 12.4 Å². The maximum atomic E-state index is 12.5. The summed E-state index contributed by atoms with van der Waals surface area (Å²) in [6.07, 6.45) is 8.40. The minimum atomic E-state index is 0. The summed E-state index contributed by atoms with van der Waals surface area (Å²) in [4.78, 5) is 14.7. The molecule has 1 N–H and O–H groups in total. The Labute approximate surface area is 122 Å². The van der Waals surface area contributed by atoms with Gasteiger partial charge >= 0.3 is 0 Å². The van der Waals surface area contributed by atoms with Gasteiger partial charge in [-0.25, -0.2) is 0 Å². The van der Waals surface area contributed by atoms with E-state index in [2.05, 4.69) is 17.1 Å². The Hall–Kier alpha value is -0.280. The van der Waals surface area contributed by atoms with Crippen molar-refractivity contribution in [1.82, 2.24) is 10.2 Å². The fraction of sp³-hybridized carbons (Fsp3) is 0.933. The SMILES string of the molecule is CCC1(C(=O)N2CCC3(CCNCC3)CC2)CC1.Cl. The van der Waals surface area contributed by atoms with E-state index in [1.165, 1.54) is 38.8 Å². The molecule has 2 saturated heterocycles. The Morgan fingerprint density at radius 1 is 1.05 bits per heavy atom. The van der Waals surface area contributed by atoms with E-state index in [-0.39, 0.29) is 17.8 Å². The Morgan fingerprint density at radius 3 is 2.11 bits per heavy atom. The van der Waals surface area contributed by atoms with Crippen LogP contribution >= 0.6 is 12.4 Å². The number of carbonyl (C=O) groups excluding carboxylic acids is 1. The van der Waals surface area contributed by atoms with Crippen LogP contribution in [0.5, 0.6) is 0 Å². The number of halogens is 1. The third-order valence-corrected chi connectivity index (χ3v) is 5.76. The van der Waals surface area contributed by atoms with Gasteiger partial charge in [-0.3, -0.25) is 4.79 Å². The second-order valence-corrected chi connectivity index (χ2v) is 6.68. The van der Waals surface area contributed by atoms with Crippen LogP contribution in [0.4, 0.5) is 0 Å². The second-order valence-electron chi connectivity index (χ2n) is 6.68. The lowest BCUT2D eigenvalue weighted by molar-refractivity contribution is -0.139. The average molecular weight is 287 g/mol. The summed E-state index contributed by atoms with van der Waals surface area (Å²) in [5, 5.41) is 3.45. The van der Waals surface area contributed by atoms with Crippen LogP contribution in [0.2, 0.25) is 0 Å². The van der Waals surface area contributed by atoms with E-state index < -0.39 is 0 Å². The van der Waals surface area contributed by atoms with Crippen molar-refractivity contribution in [3.8, 4) is 0 Å². The normalized spacial score (nSPS) is 27.7. The van der Waals surface area contributed by atoms with Gasteiger partial charge in [0.05, 0.1) is 0 Å². The summed E-state index contributed by atoms with van der Waals surface area (Å²) in [6.45, 7) is 6.55. The first-order valence-electron chi connectivity index (χ1n) is 7.70. The van der Waals surface area contributed by atoms with Crippen molar-refractivity contribution < 1.29 is 4.79 Å². The maximum absolute atomic E-state index is 12.5. The van der Waals surface area contributed by atoms with Crippen molar-refractivity contribution in [2.45, 2.75) is 51.9 Å². The Morgan fingerprint density at radius 2 is 1.63 bits per heavy atom. The smallest absolute Gasteiger partial charge is 0.228 e. The highest BCUT2D eigenvalue weighted by atomic mass is 35.5. The minimum absolute atomic E-state index is 0.